The Kier molecular flexibility index (Phi) is 8.34. The van der Waals surface area contributed by atoms with Crippen molar-refractivity contribution in [1.29, 1.82) is 0 Å². The monoisotopic (exact) mass is 474 g/mol. The van der Waals surface area contributed by atoms with Gasteiger partial charge in [-0.1, -0.05) is 39.3 Å². The van der Waals surface area contributed by atoms with Crippen LogP contribution in [0.5, 0.6) is 5.75 Å². The number of carbonyl (C=O) groups excluding carboxylic acids is 1. The highest BCUT2D eigenvalue weighted by molar-refractivity contribution is 9.08. The molecule has 1 heterocycles. The number of benzene rings is 1. The van der Waals surface area contributed by atoms with Gasteiger partial charge in [0.2, 0.25) is 0 Å². The minimum absolute atomic E-state index is 0.123. The van der Waals surface area contributed by atoms with E-state index in [1.54, 1.807) is 39.2 Å². The molecular formula is C18H20BrClN2O4S. The van der Waals surface area contributed by atoms with Crippen LogP contribution in [0.1, 0.15) is 29.9 Å². The summed E-state index contributed by atoms with van der Waals surface area (Å²) in [6.45, 7) is 3.70. The minimum atomic E-state index is -0.491. The van der Waals surface area contributed by atoms with E-state index in [2.05, 4.69) is 25.9 Å². The van der Waals surface area contributed by atoms with Crippen molar-refractivity contribution in [2.45, 2.75) is 30.4 Å². The average molecular weight is 476 g/mol. The Morgan fingerprint density at radius 1 is 1.33 bits per heavy atom. The quantitative estimate of drug-likeness (QED) is 0.176. The maximum Gasteiger partial charge on any atom is 0.357 e. The van der Waals surface area contributed by atoms with Gasteiger partial charge in [-0.2, -0.15) is 0 Å². The second-order valence-corrected chi connectivity index (χ2v) is 7.41. The van der Waals surface area contributed by atoms with Gasteiger partial charge in [-0.05, 0) is 38.3 Å². The summed E-state index contributed by atoms with van der Waals surface area (Å²) < 4.78 is 15.6. The summed E-state index contributed by atoms with van der Waals surface area (Å²) in [7, 11) is 1.54. The van der Waals surface area contributed by atoms with Crippen molar-refractivity contribution >= 4 is 45.3 Å². The van der Waals surface area contributed by atoms with Crippen molar-refractivity contribution in [3.05, 3.63) is 34.5 Å². The molecule has 0 radical (unpaired) electrons. The second kappa shape index (κ2) is 10.3. The molecule has 1 aromatic heterocycles. The third kappa shape index (κ3) is 5.57. The number of methoxy groups -OCH3 is 1. The van der Waals surface area contributed by atoms with Crippen LogP contribution in [-0.4, -0.2) is 42.2 Å². The molecule has 0 N–H and O–H groups in total. The molecule has 6 nitrogen and oxygen atoms in total. The van der Waals surface area contributed by atoms with Gasteiger partial charge in [0.15, 0.2) is 17.6 Å². The number of carbonyl (C=O) groups is 1. The van der Waals surface area contributed by atoms with Crippen molar-refractivity contribution in [3.63, 3.8) is 0 Å². The van der Waals surface area contributed by atoms with Crippen LogP contribution in [0.4, 0.5) is 0 Å². The molecule has 27 heavy (non-hydrogen) atoms. The van der Waals surface area contributed by atoms with Crippen LogP contribution >= 0.6 is 39.3 Å². The number of rotatable bonds is 8. The van der Waals surface area contributed by atoms with E-state index in [-0.39, 0.29) is 18.6 Å². The van der Waals surface area contributed by atoms with Crippen molar-refractivity contribution < 1.29 is 19.0 Å². The number of hydrogen-bond donors (Lipinski definition) is 0. The lowest BCUT2D eigenvalue weighted by Crippen LogP contribution is -2.17. The van der Waals surface area contributed by atoms with Gasteiger partial charge in [-0.15, -0.1) is 0 Å². The van der Waals surface area contributed by atoms with E-state index in [1.807, 2.05) is 6.26 Å². The van der Waals surface area contributed by atoms with E-state index in [9.17, 15) is 4.79 Å². The fraction of sp³-hybridized carbons (Fsp3) is 0.389. The lowest BCUT2D eigenvalue weighted by molar-refractivity contribution is 0.0368. The van der Waals surface area contributed by atoms with Gasteiger partial charge in [0.05, 0.1) is 16.8 Å². The molecule has 1 aromatic carbocycles. The summed E-state index contributed by atoms with van der Waals surface area (Å²) in [6, 6.07) is 5.25. The molecule has 0 atom stereocenters. The highest BCUT2D eigenvalue weighted by Crippen LogP contribution is 2.35. The first-order valence-electron chi connectivity index (χ1n) is 8.04. The number of ether oxygens (including phenoxy) is 3. The predicted octanol–water partition coefficient (Wildman–Crippen LogP) is 4.96. The van der Waals surface area contributed by atoms with Gasteiger partial charge in [0.1, 0.15) is 5.75 Å². The Hall–Kier alpha value is -1.35. The van der Waals surface area contributed by atoms with Crippen LogP contribution in [-0.2, 0) is 14.8 Å². The minimum Gasteiger partial charge on any atom is -0.468 e. The second-order valence-electron chi connectivity index (χ2n) is 5.67. The van der Waals surface area contributed by atoms with Crippen molar-refractivity contribution in [3.8, 4) is 17.0 Å². The Balaban J connectivity index is 2.57. The zero-order valence-electron chi connectivity index (χ0n) is 15.4. The molecule has 0 aliphatic carbocycles. The molecule has 0 fully saturated rings. The standard InChI is InChI=1S/C18H20BrClN2O4S/c1-10(2)26-17(23)16-13(8-19)15(21-18(22-16)27-4)12-6-5-11(7-14(12)20)25-9-24-3/h5-7,10H,8-9H2,1-4H3. The average Bonchev–Trinajstić information content (AvgIpc) is 2.64. The van der Waals surface area contributed by atoms with Gasteiger partial charge in [0.25, 0.3) is 0 Å². The summed E-state index contributed by atoms with van der Waals surface area (Å²) in [4.78, 5) is 21.5. The summed E-state index contributed by atoms with van der Waals surface area (Å²) >= 11 is 11.2. The number of halogens is 2. The Labute approximate surface area is 176 Å². The summed E-state index contributed by atoms with van der Waals surface area (Å²) in [5, 5.41) is 1.28. The topological polar surface area (TPSA) is 70.5 Å². The molecule has 2 rings (SSSR count). The third-order valence-electron chi connectivity index (χ3n) is 3.38. The fourth-order valence-corrected chi connectivity index (χ4v) is 3.40. The maximum atomic E-state index is 12.5. The van der Waals surface area contributed by atoms with Crippen molar-refractivity contribution in [1.82, 2.24) is 9.97 Å². The molecule has 0 amide bonds. The lowest BCUT2D eigenvalue weighted by atomic mass is 10.1. The third-order valence-corrected chi connectivity index (χ3v) is 4.80. The first kappa shape index (κ1) is 21.9. The summed E-state index contributed by atoms with van der Waals surface area (Å²) in [5.41, 5.74) is 2.09. The van der Waals surface area contributed by atoms with Crippen LogP contribution in [0.15, 0.2) is 23.4 Å². The first-order valence-corrected chi connectivity index (χ1v) is 10.8. The van der Waals surface area contributed by atoms with E-state index in [0.717, 1.165) is 0 Å². The molecule has 9 heteroatoms. The molecule has 0 saturated heterocycles. The highest BCUT2D eigenvalue weighted by atomic mass is 79.9. The lowest BCUT2D eigenvalue weighted by Gasteiger charge is -2.15. The van der Waals surface area contributed by atoms with E-state index in [4.69, 9.17) is 25.8 Å². The van der Waals surface area contributed by atoms with E-state index in [1.165, 1.54) is 11.8 Å². The van der Waals surface area contributed by atoms with Crippen LogP contribution < -0.4 is 4.74 Å². The molecule has 0 bridgehead atoms. The molecule has 0 aliphatic rings. The Morgan fingerprint density at radius 3 is 2.63 bits per heavy atom. The van der Waals surface area contributed by atoms with Crippen LogP contribution in [0.2, 0.25) is 5.02 Å². The Bertz CT molecular complexity index is 820. The molecule has 0 saturated carbocycles. The first-order chi connectivity index (χ1) is 12.9. The largest absolute Gasteiger partial charge is 0.468 e. The number of hydrogen-bond acceptors (Lipinski definition) is 7. The van der Waals surface area contributed by atoms with Crippen molar-refractivity contribution in [2.75, 3.05) is 20.2 Å². The molecule has 0 aliphatic heterocycles. The summed E-state index contributed by atoms with van der Waals surface area (Å²) in [5.74, 6) is 0.0825. The van der Waals surface area contributed by atoms with Gasteiger partial charge in [-0.25, -0.2) is 14.8 Å². The van der Waals surface area contributed by atoms with E-state index >= 15 is 0 Å². The number of alkyl halides is 1. The summed E-state index contributed by atoms with van der Waals surface area (Å²) in [6.07, 6.45) is 1.59. The fourth-order valence-electron chi connectivity index (χ4n) is 2.25. The normalized spacial score (nSPS) is 10.9. The van der Waals surface area contributed by atoms with Crippen LogP contribution in [0.3, 0.4) is 0 Å². The molecule has 2 aromatic rings. The SMILES string of the molecule is COCOc1ccc(-c2nc(SC)nc(C(=O)OC(C)C)c2CBr)c(Cl)c1. The van der Waals surface area contributed by atoms with E-state index in [0.29, 0.717) is 38.1 Å². The predicted molar refractivity (Wildman–Crippen MR) is 110 cm³/mol. The van der Waals surface area contributed by atoms with Gasteiger partial charge in [-0.3, -0.25) is 0 Å². The number of thioether (sulfide) groups is 1. The maximum absolute atomic E-state index is 12.5. The number of nitrogens with zero attached hydrogens (tertiary/aromatic N) is 2. The molecule has 0 unspecified atom stereocenters. The van der Waals surface area contributed by atoms with Crippen molar-refractivity contribution in [2.24, 2.45) is 0 Å². The molecule has 0 spiro atoms. The molecular weight excluding hydrogens is 456 g/mol. The molecule has 146 valence electrons. The van der Waals surface area contributed by atoms with Gasteiger partial charge >= 0.3 is 5.97 Å². The van der Waals surface area contributed by atoms with Gasteiger partial charge in [0, 0.05) is 23.6 Å². The number of aromatic nitrogens is 2. The number of esters is 1. The van der Waals surface area contributed by atoms with Crippen LogP contribution in [0, 0.1) is 0 Å². The zero-order chi connectivity index (χ0) is 20.0. The van der Waals surface area contributed by atoms with E-state index < -0.39 is 5.97 Å². The van der Waals surface area contributed by atoms with Crippen LogP contribution in [0.25, 0.3) is 11.3 Å². The zero-order valence-corrected chi connectivity index (χ0v) is 18.6. The Morgan fingerprint density at radius 2 is 2.07 bits per heavy atom. The highest BCUT2D eigenvalue weighted by Gasteiger charge is 2.23. The van der Waals surface area contributed by atoms with Gasteiger partial charge < -0.3 is 14.2 Å². The smallest absolute Gasteiger partial charge is 0.357 e.